The maximum Gasteiger partial charge on any atom is 0.410 e. The number of esters is 3. The Morgan fingerprint density at radius 2 is 1.37 bits per heavy atom. The minimum absolute atomic E-state index is 0.0482. The molecule has 1 aromatic heterocycles. The zero-order chi connectivity index (χ0) is 60.8. The number of nitrogens with two attached hydrogens (primary N) is 1. The standard InChI is InChI=1S/C64H87N5O15/c1-14-49-64(11)54(69(61(74)84-64)31-22-21-30-68-36-48(66-67-68)46-28-23-29-47(65)33-46)40(5)51(70)38(3)34-62(9,75-12)55(83-60-52(37(2)32-39(4)77-60)81-58(72)44-24-17-15-18-25-44)41(6)53(42(7)57(71)79-49)80-50-35-63(10,76-13)56(43(8)78-50)82-59(73)45-26-19-16-20-27-45/h15-20,23-29,33,36-43,49-50,52-56,60H,14,21-22,30-32,34-35,65H2,1-13H3/t37-,38+,39+,40-,41-,42+,43-,49+,50-,52+,53-,54-,55+,56-,60-,62-,63+,64+/m0/s1. The molecule has 458 valence electrons. The molecule has 0 unspecified atom stereocenters. The van der Waals surface area contributed by atoms with Crippen molar-refractivity contribution in [2.24, 2.45) is 29.6 Å². The summed E-state index contributed by atoms with van der Waals surface area (Å²) in [4.78, 5) is 74.2. The van der Waals surface area contributed by atoms with Crippen molar-refractivity contribution in [3.05, 3.63) is 102 Å². The number of rotatable bonds is 17. The van der Waals surface area contributed by atoms with Crippen molar-refractivity contribution in [2.75, 3.05) is 26.5 Å². The number of nitrogen functional groups attached to an aromatic ring is 1. The third-order valence-corrected chi connectivity index (χ3v) is 18.0. The molecule has 8 rings (SSSR count). The summed E-state index contributed by atoms with van der Waals surface area (Å²) in [7, 11) is 3.07. The fourth-order valence-corrected chi connectivity index (χ4v) is 13.3. The van der Waals surface area contributed by atoms with Crippen LogP contribution in [0.3, 0.4) is 0 Å². The Hall–Kier alpha value is -6.29. The van der Waals surface area contributed by atoms with Gasteiger partial charge in [-0.3, -0.25) is 14.3 Å². The number of amides is 1. The van der Waals surface area contributed by atoms with Gasteiger partial charge in [-0.25, -0.2) is 14.4 Å². The van der Waals surface area contributed by atoms with Crippen LogP contribution in [-0.4, -0.2) is 149 Å². The number of hydrogen-bond acceptors (Lipinski definition) is 18. The lowest BCUT2D eigenvalue weighted by Gasteiger charge is -2.50. The van der Waals surface area contributed by atoms with Crippen LogP contribution in [0.25, 0.3) is 11.3 Å². The Balaban J connectivity index is 1.14. The van der Waals surface area contributed by atoms with Gasteiger partial charge < -0.3 is 58.0 Å². The van der Waals surface area contributed by atoms with Crippen LogP contribution in [0.4, 0.5) is 10.5 Å². The number of cyclic esters (lactones) is 1. The van der Waals surface area contributed by atoms with Crippen molar-refractivity contribution in [1.82, 2.24) is 19.9 Å². The number of ketones is 1. The number of methoxy groups -OCH3 is 2. The molecule has 0 spiro atoms. The number of Topliss-reactive ketones (excluding diaryl/α,β-unsaturated/α-hetero) is 1. The number of aromatic nitrogens is 3. The van der Waals surface area contributed by atoms with E-state index in [2.05, 4.69) is 10.3 Å². The van der Waals surface area contributed by atoms with E-state index in [0.717, 1.165) is 5.56 Å². The number of fused-ring (bicyclic) bond motifs is 1. The van der Waals surface area contributed by atoms with E-state index in [1.165, 1.54) is 7.11 Å². The van der Waals surface area contributed by atoms with Crippen molar-refractivity contribution in [3.63, 3.8) is 0 Å². The molecule has 4 aliphatic rings. The fourth-order valence-electron chi connectivity index (χ4n) is 13.3. The largest absolute Gasteiger partial charge is 0.458 e. The second kappa shape index (κ2) is 27.0. The molecule has 0 radical (unpaired) electrons. The van der Waals surface area contributed by atoms with Crippen LogP contribution < -0.4 is 5.73 Å². The fraction of sp³-hybridized carbons (Fsp3) is 0.609. The molecule has 18 atom stereocenters. The van der Waals surface area contributed by atoms with Gasteiger partial charge >= 0.3 is 24.0 Å². The molecule has 4 fully saturated rings. The molecule has 20 nitrogen and oxygen atoms in total. The van der Waals surface area contributed by atoms with Crippen molar-refractivity contribution < 1.29 is 71.3 Å². The normalized spacial score (nSPS) is 35.1. The zero-order valence-electron chi connectivity index (χ0n) is 51.0. The van der Waals surface area contributed by atoms with Crippen LogP contribution in [0.2, 0.25) is 0 Å². The highest BCUT2D eigenvalue weighted by atomic mass is 16.7. The SMILES string of the molecule is CC[C@H]1OC(=O)[C@H](C)[C@@H](O[C@H]2C[C@@](C)(OC)[C@@H](OC(=O)c3ccccc3)[C@H](C)O2)[C@H](C)[C@@H](O[C@@H]2O[C@H](C)C[C@H](C)[C@H]2OC(=O)c2ccccc2)[C@@](C)(OC)C[C@@H](C)C(=O)[C@H](C)[C@@H]2N(CCCCn3cc(-c4cccc(N)c4)nn3)C(=O)O[C@@]21C. The molecule has 84 heavy (non-hydrogen) atoms. The van der Waals surface area contributed by atoms with E-state index in [1.54, 1.807) is 99.0 Å². The van der Waals surface area contributed by atoms with E-state index >= 15 is 9.59 Å². The second-order valence-corrected chi connectivity index (χ2v) is 24.3. The van der Waals surface area contributed by atoms with Gasteiger partial charge in [0.25, 0.3) is 0 Å². The van der Waals surface area contributed by atoms with Crippen molar-refractivity contribution in [2.45, 2.75) is 199 Å². The van der Waals surface area contributed by atoms with E-state index in [1.807, 2.05) is 85.0 Å². The Kier molecular flexibility index (Phi) is 20.5. The minimum atomic E-state index is -1.50. The van der Waals surface area contributed by atoms with Gasteiger partial charge in [0.05, 0.1) is 59.3 Å². The summed E-state index contributed by atoms with van der Waals surface area (Å²) in [6.07, 6.45) is -5.12. The number of aryl methyl sites for hydroxylation is 1. The first-order chi connectivity index (χ1) is 39.9. The van der Waals surface area contributed by atoms with Gasteiger partial charge in [0, 0.05) is 68.7 Å². The average molecular weight is 1170 g/mol. The average Bonchev–Trinajstić information content (AvgIpc) is 2.32. The third-order valence-electron chi connectivity index (χ3n) is 18.0. The number of hydrogen-bond donors (Lipinski definition) is 1. The molecule has 20 heteroatoms. The molecule has 3 aromatic carbocycles. The minimum Gasteiger partial charge on any atom is -0.458 e. The van der Waals surface area contributed by atoms with Gasteiger partial charge in [-0.2, -0.15) is 0 Å². The molecular formula is C64H87N5O15. The Morgan fingerprint density at radius 1 is 0.738 bits per heavy atom. The van der Waals surface area contributed by atoms with Crippen LogP contribution >= 0.6 is 0 Å². The van der Waals surface area contributed by atoms with Crippen molar-refractivity contribution in [3.8, 4) is 11.3 Å². The lowest BCUT2D eigenvalue weighted by molar-refractivity contribution is -0.318. The molecule has 2 N–H and O–H groups in total. The summed E-state index contributed by atoms with van der Waals surface area (Å²) in [5, 5.41) is 8.68. The Morgan fingerprint density at radius 3 is 2.00 bits per heavy atom. The first kappa shape index (κ1) is 63.7. The van der Waals surface area contributed by atoms with Gasteiger partial charge in [-0.15, -0.1) is 5.10 Å². The van der Waals surface area contributed by atoms with Crippen molar-refractivity contribution in [1.29, 1.82) is 0 Å². The number of carbonyl (C=O) groups excluding carboxylic acids is 5. The molecule has 0 aliphatic carbocycles. The molecule has 1 amide bonds. The summed E-state index contributed by atoms with van der Waals surface area (Å²) >= 11 is 0. The van der Waals surface area contributed by atoms with Crippen LogP contribution in [0.15, 0.2) is 91.1 Å². The van der Waals surface area contributed by atoms with Gasteiger partial charge in [0.15, 0.2) is 30.4 Å². The topological polar surface area (TPSA) is 238 Å². The van der Waals surface area contributed by atoms with Gasteiger partial charge in [-0.1, -0.05) is 88.4 Å². The highest BCUT2D eigenvalue weighted by Gasteiger charge is 2.61. The maximum atomic E-state index is 15.4. The van der Waals surface area contributed by atoms with Gasteiger partial charge in [-0.05, 0) is 110 Å². The van der Waals surface area contributed by atoms with Crippen LogP contribution in [0.5, 0.6) is 0 Å². The molecular weight excluding hydrogens is 1080 g/mol. The predicted molar refractivity (Wildman–Crippen MR) is 310 cm³/mol. The second-order valence-electron chi connectivity index (χ2n) is 24.3. The summed E-state index contributed by atoms with van der Waals surface area (Å²) in [5.41, 5.74) is 4.85. The van der Waals surface area contributed by atoms with E-state index in [4.69, 9.17) is 53.1 Å². The summed E-state index contributed by atoms with van der Waals surface area (Å²) in [5.74, 6) is -5.70. The number of ether oxygens (including phenoxy) is 10. The number of nitrogens with zero attached hydrogens (tertiary/aromatic N) is 4. The van der Waals surface area contributed by atoms with Gasteiger partial charge in [0.1, 0.15) is 23.2 Å². The molecule has 4 saturated heterocycles. The number of anilines is 1. The van der Waals surface area contributed by atoms with Crippen molar-refractivity contribution >= 4 is 35.5 Å². The summed E-state index contributed by atoms with van der Waals surface area (Å²) < 4.78 is 67.7. The van der Waals surface area contributed by atoms with Crippen LogP contribution in [0, 0.1) is 29.6 Å². The molecule has 4 aromatic rings. The zero-order valence-corrected chi connectivity index (χ0v) is 51.0. The molecule has 0 bridgehead atoms. The quantitative estimate of drug-likeness (QED) is 0.0448. The first-order valence-corrected chi connectivity index (χ1v) is 29.7. The smallest absolute Gasteiger partial charge is 0.410 e. The monoisotopic (exact) mass is 1170 g/mol. The predicted octanol–water partition coefficient (Wildman–Crippen LogP) is 9.66. The molecule has 0 saturated carbocycles. The van der Waals surface area contributed by atoms with E-state index in [-0.39, 0.29) is 43.6 Å². The first-order valence-electron chi connectivity index (χ1n) is 29.7. The summed E-state index contributed by atoms with van der Waals surface area (Å²) in [6, 6.07) is 23.9. The van der Waals surface area contributed by atoms with Crippen LogP contribution in [-0.2, 0) is 63.5 Å². The lowest BCUT2D eigenvalue weighted by Crippen LogP contribution is -2.61. The van der Waals surface area contributed by atoms with E-state index in [9.17, 15) is 14.4 Å². The van der Waals surface area contributed by atoms with E-state index in [0.29, 0.717) is 48.3 Å². The number of unbranched alkanes of at least 4 members (excludes halogenated alkanes) is 1. The molecule has 4 aliphatic heterocycles. The van der Waals surface area contributed by atoms with Crippen LogP contribution in [0.1, 0.15) is 135 Å². The van der Waals surface area contributed by atoms with Gasteiger partial charge in [0.2, 0.25) is 0 Å². The van der Waals surface area contributed by atoms with E-state index < -0.39 is 120 Å². The maximum absolute atomic E-state index is 15.4. The lowest BCUT2D eigenvalue weighted by atomic mass is 9.73. The Bertz CT molecular complexity index is 2890. The summed E-state index contributed by atoms with van der Waals surface area (Å²) in [6.45, 7) is 20.9. The third kappa shape index (κ3) is 13.8. The Labute approximate surface area is 493 Å². The highest BCUT2D eigenvalue weighted by Crippen LogP contribution is 2.46. The number of benzene rings is 3. The molecule has 5 heterocycles. The number of carbonyl (C=O) groups is 5. The highest BCUT2D eigenvalue weighted by molar-refractivity contribution is 5.90.